The maximum Gasteiger partial charge on any atom is 0.231 e. The van der Waals surface area contributed by atoms with Gasteiger partial charge in [0.05, 0.1) is 12.1 Å². The number of halogens is 1. The van der Waals surface area contributed by atoms with E-state index in [4.69, 9.17) is 11.6 Å². The Labute approximate surface area is 126 Å². The number of carbonyl (C=O) groups excluding carboxylic acids is 1. The molecule has 1 aromatic carbocycles. The molecule has 2 heterocycles. The molecule has 0 bridgehead atoms. The fourth-order valence-corrected chi connectivity index (χ4v) is 3.44. The van der Waals surface area contributed by atoms with E-state index in [1.807, 2.05) is 12.1 Å². The molecular weight excluding hydrogens is 294 g/mol. The van der Waals surface area contributed by atoms with Gasteiger partial charge in [-0.2, -0.15) is 0 Å². The minimum atomic E-state index is -0.0636. The standard InChI is InChI=1S/C14H14ClN3OS/c15-9-2-1-3-10(6-9)17-13(19)7-14-18-11-4-5-16-8-12(11)20-14/h1-3,6,16H,4-5,7-8H2,(H,17,19). The first-order valence-corrected chi connectivity index (χ1v) is 7.64. The lowest BCUT2D eigenvalue weighted by atomic mass is 10.2. The van der Waals surface area contributed by atoms with Crippen LogP contribution in [0.3, 0.4) is 0 Å². The van der Waals surface area contributed by atoms with Gasteiger partial charge in [0.15, 0.2) is 0 Å². The zero-order valence-corrected chi connectivity index (χ0v) is 12.4. The molecule has 3 rings (SSSR count). The topological polar surface area (TPSA) is 54.0 Å². The summed E-state index contributed by atoms with van der Waals surface area (Å²) in [4.78, 5) is 17.8. The summed E-state index contributed by atoms with van der Waals surface area (Å²) in [5, 5.41) is 7.63. The number of nitrogens with one attached hydrogen (secondary N) is 2. The van der Waals surface area contributed by atoms with Crippen molar-refractivity contribution >= 4 is 34.5 Å². The average molecular weight is 308 g/mol. The van der Waals surface area contributed by atoms with Crippen LogP contribution in [0, 0.1) is 0 Å². The Balaban J connectivity index is 1.65. The normalized spacial score (nSPS) is 13.8. The molecule has 1 aromatic heterocycles. The molecule has 2 aromatic rings. The fourth-order valence-electron chi connectivity index (χ4n) is 2.16. The van der Waals surface area contributed by atoms with Crippen LogP contribution in [0.4, 0.5) is 5.69 Å². The summed E-state index contributed by atoms with van der Waals surface area (Å²) in [5.41, 5.74) is 1.85. The van der Waals surface area contributed by atoms with E-state index >= 15 is 0 Å². The summed E-state index contributed by atoms with van der Waals surface area (Å²) in [7, 11) is 0. The van der Waals surface area contributed by atoms with Crippen molar-refractivity contribution in [1.29, 1.82) is 0 Å². The van der Waals surface area contributed by atoms with Gasteiger partial charge in [0.1, 0.15) is 5.01 Å². The number of anilines is 1. The number of hydrogen-bond acceptors (Lipinski definition) is 4. The van der Waals surface area contributed by atoms with Crippen molar-refractivity contribution in [2.75, 3.05) is 11.9 Å². The molecule has 4 nitrogen and oxygen atoms in total. The number of carbonyl (C=O) groups is 1. The molecule has 20 heavy (non-hydrogen) atoms. The van der Waals surface area contributed by atoms with Crippen LogP contribution in [0.2, 0.25) is 5.02 Å². The van der Waals surface area contributed by atoms with E-state index in [0.717, 1.165) is 30.2 Å². The van der Waals surface area contributed by atoms with Crippen LogP contribution in [-0.4, -0.2) is 17.4 Å². The van der Waals surface area contributed by atoms with E-state index in [-0.39, 0.29) is 5.91 Å². The first kappa shape index (κ1) is 13.5. The van der Waals surface area contributed by atoms with Gasteiger partial charge in [0.25, 0.3) is 0 Å². The van der Waals surface area contributed by atoms with Crippen molar-refractivity contribution < 1.29 is 4.79 Å². The quantitative estimate of drug-likeness (QED) is 0.916. The predicted molar refractivity (Wildman–Crippen MR) is 81.3 cm³/mol. The van der Waals surface area contributed by atoms with E-state index in [0.29, 0.717) is 17.1 Å². The Morgan fingerprint density at radius 3 is 3.20 bits per heavy atom. The molecule has 1 amide bonds. The highest BCUT2D eigenvalue weighted by Crippen LogP contribution is 2.22. The monoisotopic (exact) mass is 307 g/mol. The molecule has 0 saturated carbocycles. The molecule has 0 radical (unpaired) electrons. The lowest BCUT2D eigenvalue weighted by Crippen LogP contribution is -2.22. The fraction of sp³-hybridized carbons (Fsp3) is 0.286. The molecule has 0 fully saturated rings. The minimum Gasteiger partial charge on any atom is -0.326 e. The van der Waals surface area contributed by atoms with E-state index in [1.54, 1.807) is 23.5 Å². The van der Waals surface area contributed by atoms with E-state index in [9.17, 15) is 4.79 Å². The summed E-state index contributed by atoms with van der Waals surface area (Å²) < 4.78 is 0. The number of rotatable bonds is 3. The zero-order valence-electron chi connectivity index (χ0n) is 10.8. The zero-order chi connectivity index (χ0) is 13.9. The van der Waals surface area contributed by atoms with Gasteiger partial charge in [-0.15, -0.1) is 11.3 Å². The Bertz CT molecular complexity index is 618. The van der Waals surface area contributed by atoms with Crippen molar-refractivity contribution in [1.82, 2.24) is 10.3 Å². The summed E-state index contributed by atoms with van der Waals surface area (Å²) in [6.45, 7) is 1.83. The maximum atomic E-state index is 12.0. The van der Waals surface area contributed by atoms with E-state index < -0.39 is 0 Å². The van der Waals surface area contributed by atoms with Gasteiger partial charge in [-0.05, 0) is 18.2 Å². The van der Waals surface area contributed by atoms with Crippen molar-refractivity contribution in [2.24, 2.45) is 0 Å². The molecule has 104 valence electrons. The Hall–Kier alpha value is -1.43. The van der Waals surface area contributed by atoms with Gasteiger partial charge < -0.3 is 10.6 Å². The van der Waals surface area contributed by atoms with Gasteiger partial charge in [-0.25, -0.2) is 4.98 Å². The predicted octanol–water partition coefficient (Wildman–Crippen LogP) is 2.62. The maximum absolute atomic E-state index is 12.0. The number of amides is 1. The van der Waals surface area contributed by atoms with Crippen LogP contribution in [-0.2, 0) is 24.2 Å². The second kappa shape index (κ2) is 5.91. The van der Waals surface area contributed by atoms with Gasteiger partial charge in [0.2, 0.25) is 5.91 Å². The second-order valence-corrected chi connectivity index (χ2v) is 6.24. The van der Waals surface area contributed by atoms with Crippen molar-refractivity contribution in [3.8, 4) is 0 Å². The van der Waals surface area contributed by atoms with Crippen LogP contribution < -0.4 is 10.6 Å². The molecule has 0 aliphatic carbocycles. The first-order valence-electron chi connectivity index (χ1n) is 6.44. The average Bonchev–Trinajstić information content (AvgIpc) is 2.80. The van der Waals surface area contributed by atoms with Gasteiger partial charge in [0, 0.05) is 35.1 Å². The highest BCUT2D eigenvalue weighted by atomic mass is 35.5. The number of aromatic nitrogens is 1. The van der Waals surface area contributed by atoms with Crippen LogP contribution in [0.15, 0.2) is 24.3 Å². The molecule has 0 unspecified atom stereocenters. The lowest BCUT2D eigenvalue weighted by Gasteiger charge is -2.09. The summed E-state index contributed by atoms with van der Waals surface area (Å²) in [6.07, 6.45) is 1.26. The Kier molecular flexibility index (Phi) is 4.00. The van der Waals surface area contributed by atoms with E-state index in [1.165, 1.54) is 4.88 Å². The van der Waals surface area contributed by atoms with Gasteiger partial charge in [-0.3, -0.25) is 4.79 Å². The van der Waals surface area contributed by atoms with Crippen LogP contribution in [0.1, 0.15) is 15.6 Å². The van der Waals surface area contributed by atoms with Crippen LogP contribution >= 0.6 is 22.9 Å². The smallest absolute Gasteiger partial charge is 0.231 e. The lowest BCUT2D eigenvalue weighted by molar-refractivity contribution is -0.115. The third-order valence-electron chi connectivity index (χ3n) is 3.07. The minimum absolute atomic E-state index is 0.0636. The molecule has 1 aliphatic heterocycles. The summed E-state index contributed by atoms with van der Waals surface area (Å²) >= 11 is 7.51. The molecule has 6 heteroatoms. The molecule has 0 atom stereocenters. The third kappa shape index (κ3) is 3.17. The largest absolute Gasteiger partial charge is 0.326 e. The number of thiazole rings is 1. The summed E-state index contributed by atoms with van der Waals surface area (Å²) in [5.74, 6) is -0.0636. The van der Waals surface area contributed by atoms with Crippen molar-refractivity contribution in [3.05, 3.63) is 44.9 Å². The summed E-state index contributed by atoms with van der Waals surface area (Å²) in [6, 6.07) is 7.14. The second-order valence-electron chi connectivity index (χ2n) is 4.64. The number of fused-ring (bicyclic) bond motifs is 1. The highest BCUT2D eigenvalue weighted by Gasteiger charge is 2.16. The third-order valence-corrected chi connectivity index (χ3v) is 4.40. The number of hydrogen-bond donors (Lipinski definition) is 2. The SMILES string of the molecule is O=C(Cc1nc2c(s1)CNCC2)Nc1cccc(Cl)c1. The van der Waals surface area contributed by atoms with Crippen LogP contribution in [0.5, 0.6) is 0 Å². The van der Waals surface area contributed by atoms with Gasteiger partial charge in [-0.1, -0.05) is 17.7 Å². The van der Waals surface area contributed by atoms with Crippen molar-refractivity contribution in [2.45, 2.75) is 19.4 Å². The molecule has 0 saturated heterocycles. The van der Waals surface area contributed by atoms with Crippen molar-refractivity contribution in [3.63, 3.8) is 0 Å². The highest BCUT2D eigenvalue weighted by molar-refractivity contribution is 7.11. The first-order chi connectivity index (χ1) is 9.70. The Morgan fingerprint density at radius 2 is 2.40 bits per heavy atom. The molecular formula is C14H14ClN3OS. The van der Waals surface area contributed by atoms with Crippen LogP contribution in [0.25, 0.3) is 0 Å². The molecule has 1 aliphatic rings. The van der Waals surface area contributed by atoms with E-state index in [2.05, 4.69) is 15.6 Å². The number of benzene rings is 1. The van der Waals surface area contributed by atoms with Gasteiger partial charge >= 0.3 is 0 Å². The Morgan fingerprint density at radius 1 is 1.50 bits per heavy atom. The molecule has 0 spiro atoms. The molecule has 2 N–H and O–H groups in total. The number of nitrogens with zero attached hydrogens (tertiary/aromatic N) is 1.